The maximum Gasteiger partial charge on any atom is 0.213 e. The first kappa shape index (κ1) is 11.7. The number of aromatic nitrogens is 1. The second-order valence-electron chi connectivity index (χ2n) is 3.21. The lowest BCUT2D eigenvalue weighted by Gasteiger charge is -2.01. The molecule has 3 heteroatoms. The second kappa shape index (κ2) is 4.45. The molecule has 0 aliphatic rings. The van der Waals surface area contributed by atoms with Crippen molar-refractivity contribution < 1.29 is 17.0 Å². The number of pyridine rings is 1. The molecule has 0 amide bonds. The summed E-state index contributed by atoms with van der Waals surface area (Å²) in [5.74, 6) is 0. The highest BCUT2D eigenvalue weighted by Crippen LogP contribution is 2.17. The number of halogens is 2. The van der Waals surface area contributed by atoms with E-state index in [1.54, 1.807) is 0 Å². The molecule has 0 aliphatic carbocycles. The lowest BCUT2D eigenvalue weighted by molar-refractivity contribution is -0.651. The van der Waals surface area contributed by atoms with Gasteiger partial charge in [0.1, 0.15) is 7.05 Å². The van der Waals surface area contributed by atoms with E-state index >= 15 is 0 Å². The van der Waals surface area contributed by atoms with Crippen LogP contribution in [0.5, 0.6) is 0 Å². The predicted octanol–water partition coefficient (Wildman–Crippen LogP) is -0.419. The van der Waals surface area contributed by atoms with E-state index in [1.807, 2.05) is 0 Å². The van der Waals surface area contributed by atoms with Gasteiger partial charge in [0.15, 0.2) is 5.69 Å². The quantitative estimate of drug-likeness (QED) is 0.459. The second-order valence-corrected chi connectivity index (χ2v) is 4.37. The van der Waals surface area contributed by atoms with Gasteiger partial charge in [-0.1, -0.05) is 12.1 Å². The minimum Gasteiger partial charge on any atom is -1.00 e. The molecule has 0 fully saturated rings. The monoisotopic (exact) mass is 319 g/mol. The number of benzene rings is 1. The molecule has 0 N–H and O–H groups in total. The van der Waals surface area contributed by atoms with Gasteiger partial charge in [-0.3, -0.25) is 0 Å². The Bertz CT molecular complexity index is 468. The number of nitrogens with zero attached hydrogens (tertiary/aromatic N) is 1. The van der Waals surface area contributed by atoms with Crippen molar-refractivity contribution in [2.45, 2.75) is 6.92 Å². The third-order valence-corrected chi connectivity index (χ3v) is 3.28. The molecule has 0 spiro atoms. The van der Waals surface area contributed by atoms with E-state index < -0.39 is 0 Å². The molecule has 74 valence electrons. The number of hydrogen-bond acceptors (Lipinski definition) is 0. The van der Waals surface area contributed by atoms with Crippen LogP contribution in [-0.2, 0) is 7.05 Å². The lowest BCUT2D eigenvalue weighted by atomic mass is 10.2. The molecular weight excluding hydrogens is 308 g/mol. The Balaban J connectivity index is 0.000000980. The summed E-state index contributed by atoms with van der Waals surface area (Å²) in [7, 11) is 2.10. The lowest BCUT2D eigenvalue weighted by Crippen LogP contribution is -3.00. The van der Waals surface area contributed by atoms with Crippen LogP contribution in [0.4, 0.5) is 0 Å². The number of para-hydroxylation sites is 1. The minimum absolute atomic E-state index is 0. The summed E-state index contributed by atoms with van der Waals surface area (Å²) in [4.78, 5) is 0. The maximum absolute atomic E-state index is 2.39. The molecule has 2 aromatic rings. The molecule has 1 heterocycles. The van der Waals surface area contributed by atoms with Gasteiger partial charge in [0.25, 0.3) is 0 Å². The number of hydrogen-bond donors (Lipinski definition) is 0. The number of rotatable bonds is 0. The van der Waals surface area contributed by atoms with Crippen molar-refractivity contribution in [1.82, 2.24) is 0 Å². The molecule has 0 saturated carbocycles. The van der Waals surface area contributed by atoms with E-state index in [4.69, 9.17) is 0 Å². The SMILES string of the molecule is Cc1cc(I)c2ccccc2[n+]1C.[Cl-]. The standard InChI is InChI=1S/C11H11IN.ClH/c1-8-7-10(12)9-5-3-4-6-11(9)13(8)2;/h3-7H,1-2H3;1H/q+1;/p-1. The third kappa shape index (κ3) is 1.86. The van der Waals surface area contributed by atoms with Crippen LogP contribution in [0.15, 0.2) is 30.3 Å². The van der Waals surface area contributed by atoms with Gasteiger partial charge >= 0.3 is 0 Å². The zero-order valence-electron chi connectivity index (χ0n) is 8.09. The van der Waals surface area contributed by atoms with Gasteiger partial charge in [-0.2, -0.15) is 4.57 Å². The van der Waals surface area contributed by atoms with Gasteiger partial charge in [-0.05, 0) is 28.7 Å². The molecule has 1 aromatic heterocycles. The molecule has 0 saturated heterocycles. The molecule has 1 aromatic carbocycles. The fourth-order valence-corrected chi connectivity index (χ4v) is 2.42. The normalized spacial score (nSPS) is 9.93. The van der Waals surface area contributed by atoms with Crippen molar-refractivity contribution in [3.63, 3.8) is 0 Å². The fraction of sp³-hybridized carbons (Fsp3) is 0.182. The van der Waals surface area contributed by atoms with Crippen LogP contribution in [0.3, 0.4) is 0 Å². The Hall–Kier alpha value is -0.350. The highest BCUT2D eigenvalue weighted by Gasteiger charge is 2.10. The summed E-state index contributed by atoms with van der Waals surface area (Å²) in [6.07, 6.45) is 0. The summed E-state index contributed by atoms with van der Waals surface area (Å²) in [6.45, 7) is 2.13. The molecule has 0 bridgehead atoms. The van der Waals surface area contributed by atoms with Crippen LogP contribution in [-0.4, -0.2) is 0 Å². The number of aryl methyl sites for hydroxylation is 2. The van der Waals surface area contributed by atoms with Crippen molar-refractivity contribution in [2.24, 2.45) is 7.05 Å². The summed E-state index contributed by atoms with van der Waals surface area (Å²) in [6, 6.07) is 10.7. The minimum atomic E-state index is 0. The summed E-state index contributed by atoms with van der Waals surface area (Å²) < 4.78 is 3.54. The third-order valence-electron chi connectivity index (χ3n) is 2.39. The van der Waals surface area contributed by atoms with Crippen LogP contribution in [0, 0.1) is 10.5 Å². The Morgan fingerprint density at radius 1 is 1.21 bits per heavy atom. The molecule has 14 heavy (non-hydrogen) atoms. The Labute approximate surface area is 104 Å². The van der Waals surface area contributed by atoms with Crippen LogP contribution < -0.4 is 17.0 Å². The molecule has 0 radical (unpaired) electrons. The van der Waals surface area contributed by atoms with Crippen LogP contribution in [0.1, 0.15) is 5.69 Å². The average molecular weight is 320 g/mol. The van der Waals surface area contributed by atoms with E-state index in [0.717, 1.165) is 0 Å². The first-order valence-corrected chi connectivity index (χ1v) is 5.32. The van der Waals surface area contributed by atoms with Crippen molar-refractivity contribution in [3.05, 3.63) is 39.6 Å². The fourth-order valence-electron chi connectivity index (χ4n) is 1.52. The zero-order chi connectivity index (χ0) is 9.42. The highest BCUT2D eigenvalue weighted by atomic mass is 127. The van der Waals surface area contributed by atoms with Crippen molar-refractivity contribution in [2.75, 3.05) is 0 Å². The molecule has 0 unspecified atom stereocenters. The molecule has 0 atom stereocenters. The topological polar surface area (TPSA) is 3.88 Å². The average Bonchev–Trinajstić information content (AvgIpc) is 2.15. The van der Waals surface area contributed by atoms with Crippen LogP contribution >= 0.6 is 22.6 Å². The summed E-state index contributed by atoms with van der Waals surface area (Å²) in [5.41, 5.74) is 2.59. The maximum atomic E-state index is 2.39. The van der Waals surface area contributed by atoms with Gasteiger partial charge in [0.05, 0.1) is 5.39 Å². The number of fused-ring (bicyclic) bond motifs is 1. The Morgan fingerprint density at radius 2 is 1.86 bits per heavy atom. The van der Waals surface area contributed by atoms with E-state index in [1.165, 1.54) is 20.2 Å². The first-order chi connectivity index (χ1) is 6.20. The van der Waals surface area contributed by atoms with Crippen molar-refractivity contribution >= 4 is 33.5 Å². The van der Waals surface area contributed by atoms with E-state index in [0.29, 0.717) is 0 Å². The molecule has 1 nitrogen and oxygen atoms in total. The van der Waals surface area contributed by atoms with Gasteiger partial charge < -0.3 is 12.4 Å². The van der Waals surface area contributed by atoms with Gasteiger partial charge in [-0.25, -0.2) is 0 Å². The van der Waals surface area contributed by atoms with E-state index in [-0.39, 0.29) is 12.4 Å². The summed E-state index contributed by atoms with van der Waals surface area (Å²) in [5, 5.41) is 1.33. The van der Waals surface area contributed by atoms with Crippen molar-refractivity contribution in [3.8, 4) is 0 Å². The largest absolute Gasteiger partial charge is 1.00 e. The molecular formula is C11H11ClIN. The van der Waals surface area contributed by atoms with Gasteiger partial charge in [0.2, 0.25) is 5.52 Å². The van der Waals surface area contributed by atoms with Gasteiger partial charge in [0, 0.05) is 22.6 Å². The molecule has 2 rings (SSSR count). The summed E-state index contributed by atoms with van der Waals surface area (Å²) >= 11 is 2.39. The van der Waals surface area contributed by atoms with Crippen LogP contribution in [0.25, 0.3) is 10.9 Å². The van der Waals surface area contributed by atoms with Gasteiger partial charge in [-0.15, -0.1) is 0 Å². The van der Waals surface area contributed by atoms with Crippen LogP contribution in [0.2, 0.25) is 0 Å². The predicted molar refractivity (Wildman–Crippen MR) is 62.6 cm³/mol. The Morgan fingerprint density at radius 3 is 2.57 bits per heavy atom. The zero-order valence-corrected chi connectivity index (χ0v) is 11.0. The smallest absolute Gasteiger partial charge is 0.213 e. The first-order valence-electron chi connectivity index (χ1n) is 4.24. The van der Waals surface area contributed by atoms with Crippen molar-refractivity contribution in [1.29, 1.82) is 0 Å². The van der Waals surface area contributed by atoms with E-state index in [2.05, 4.69) is 71.5 Å². The van der Waals surface area contributed by atoms with E-state index in [9.17, 15) is 0 Å². The highest BCUT2D eigenvalue weighted by molar-refractivity contribution is 14.1. The Kier molecular flexibility index (Phi) is 3.72. The molecule has 0 aliphatic heterocycles.